The molecule has 12 heteroatoms. The van der Waals surface area contributed by atoms with Crippen molar-refractivity contribution in [3.05, 3.63) is 42.1 Å². The lowest BCUT2D eigenvalue weighted by molar-refractivity contribution is -0.145. The van der Waals surface area contributed by atoms with Crippen LogP contribution in [0, 0.1) is 23.7 Å². The number of rotatable bonds is 12. The fraction of sp³-hybridized carbons (Fsp3) is 0.588. The maximum absolute atomic E-state index is 13.8. The van der Waals surface area contributed by atoms with Crippen molar-refractivity contribution < 1.29 is 28.7 Å². The van der Waals surface area contributed by atoms with Gasteiger partial charge in [0.2, 0.25) is 5.91 Å². The van der Waals surface area contributed by atoms with E-state index in [9.17, 15) is 19.2 Å². The number of aromatic nitrogens is 2. The molecule has 5 rings (SSSR count). The molecule has 0 spiro atoms. The largest absolute Gasteiger partial charge is 0.466 e. The second-order valence-corrected chi connectivity index (χ2v) is 12.6. The Morgan fingerprint density at radius 3 is 2.22 bits per heavy atom. The molecule has 2 aliphatic heterocycles. The second-order valence-electron chi connectivity index (χ2n) is 12.6. The van der Waals surface area contributed by atoms with Crippen LogP contribution in [0.1, 0.15) is 57.4 Å². The first kappa shape index (κ1) is 33.2. The van der Waals surface area contributed by atoms with E-state index in [0.717, 1.165) is 24.8 Å². The summed E-state index contributed by atoms with van der Waals surface area (Å²) in [5.41, 5.74) is 0.936. The molecule has 2 saturated heterocycles. The average molecular weight is 635 g/mol. The van der Waals surface area contributed by atoms with Crippen molar-refractivity contribution in [3.63, 3.8) is 0 Å². The first-order valence-corrected chi connectivity index (χ1v) is 16.6. The quantitative estimate of drug-likeness (QED) is 0.275. The van der Waals surface area contributed by atoms with Gasteiger partial charge >= 0.3 is 12.1 Å². The van der Waals surface area contributed by atoms with E-state index < -0.39 is 11.9 Å². The number of amides is 3. The normalized spacial score (nSPS) is 21.1. The number of hydrogen-bond donors (Lipinski definition) is 1. The van der Waals surface area contributed by atoms with E-state index in [4.69, 9.17) is 14.5 Å². The van der Waals surface area contributed by atoms with Gasteiger partial charge in [-0.15, -0.1) is 0 Å². The summed E-state index contributed by atoms with van der Waals surface area (Å²) in [7, 11) is 0. The van der Waals surface area contributed by atoms with Crippen LogP contribution in [0.15, 0.2) is 36.4 Å². The van der Waals surface area contributed by atoms with Crippen molar-refractivity contribution in [2.45, 2.75) is 53.0 Å². The number of nitrogens with one attached hydrogen (secondary N) is 1. The number of ether oxygens (including phenoxy) is 2. The van der Waals surface area contributed by atoms with Crippen molar-refractivity contribution in [1.29, 1.82) is 0 Å². The van der Waals surface area contributed by atoms with Gasteiger partial charge < -0.3 is 29.5 Å². The number of anilines is 1. The van der Waals surface area contributed by atoms with Gasteiger partial charge in [-0.25, -0.2) is 14.8 Å². The Morgan fingerprint density at radius 2 is 1.59 bits per heavy atom. The highest BCUT2D eigenvalue weighted by molar-refractivity contribution is 5.97. The third kappa shape index (κ3) is 7.59. The third-order valence-corrected chi connectivity index (χ3v) is 9.10. The van der Waals surface area contributed by atoms with E-state index in [1.54, 1.807) is 15.9 Å². The van der Waals surface area contributed by atoms with E-state index >= 15 is 0 Å². The molecule has 1 unspecified atom stereocenters. The van der Waals surface area contributed by atoms with Crippen molar-refractivity contribution in [2.24, 2.45) is 23.7 Å². The summed E-state index contributed by atoms with van der Waals surface area (Å²) in [5, 5.41) is 2.95. The molecule has 46 heavy (non-hydrogen) atoms. The summed E-state index contributed by atoms with van der Waals surface area (Å²) in [6.07, 6.45) is 2.55. The molecule has 3 heterocycles. The second kappa shape index (κ2) is 14.9. The predicted molar refractivity (Wildman–Crippen MR) is 172 cm³/mol. The number of carbonyl (C=O) groups is 4. The zero-order valence-electron chi connectivity index (χ0n) is 27.3. The number of unbranched alkanes of at least 4 members (excludes halogenated alkanes) is 2. The number of carbonyl (C=O) groups excluding carboxylic acids is 4. The maximum atomic E-state index is 13.8. The average Bonchev–Trinajstić information content (AvgIpc) is 3.58. The molecule has 248 valence electrons. The zero-order valence-corrected chi connectivity index (χ0v) is 27.3. The van der Waals surface area contributed by atoms with E-state index in [-0.39, 0.29) is 47.3 Å². The van der Waals surface area contributed by atoms with Crippen LogP contribution >= 0.6 is 0 Å². The Bertz CT molecular complexity index is 1380. The van der Waals surface area contributed by atoms with Gasteiger partial charge in [0, 0.05) is 50.9 Å². The number of hydrogen-bond acceptors (Lipinski definition) is 9. The summed E-state index contributed by atoms with van der Waals surface area (Å²) in [4.78, 5) is 67.0. The Morgan fingerprint density at radius 1 is 0.913 bits per heavy atom. The Hall–Kier alpha value is -4.22. The summed E-state index contributed by atoms with van der Waals surface area (Å²) in [6, 6.07) is 10.3. The lowest BCUT2D eigenvalue weighted by Gasteiger charge is -2.36. The minimum atomic E-state index is -0.775. The minimum absolute atomic E-state index is 0.0782. The minimum Gasteiger partial charge on any atom is -0.466 e. The van der Waals surface area contributed by atoms with Gasteiger partial charge in [-0.2, -0.15) is 0 Å². The highest BCUT2D eigenvalue weighted by Crippen LogP contribution is 2.53. The number of nitrogens with zero attached hydrogens (tertiary/aromatic N) is 5. The molecule has 12 nitrogen and oxygen atoms in total. The molecule has 3 aliphatic rings. The lowest BCUT2D eigenvalue weighted by Crippen LogP contribution is -2.57. The maximum Gasteiger partial charge on any atom is 0.409 e. The molecule has 3 fully saturated rings. The summed E-state index contributed by atoms with van der Waals surface area (Å²) >= 11 is 0. The van der Waals surface area contributed by atoms with E-state index in [1.807, 2.05) is 51.1 Å². The van der Waals surface area contributed by atoms with E-state index in [0.29, 0.717) is 64.1 Å². The van der Waals surface area contributed by atoms with Crippen LogP contribution in [0.3, 0.4) is 0 Å². The summed E-state index contributed by atoms with van der Waals surface area (Å²) < 4.78 is 10.6. The Kier molecular flexibility index (Phi) is 10.7. The van der Waals surface area contributed by atoms with Crippen LogP contribution < -0.4 is 10.2 Å². The van der Waals surface area contributed by atoms with Gasteiger partial charge in [0.05, 0.1) is 19.1 Å². The number of esters is 1. The Labute approximate surface area is 270 Å². The van der Waals surface area contributed by atoms with Gasteiger partial charge in [0.25, 0.3) is 5.91 Å². The smallest absolute Gasteiger partial charge is 0.409 e. The standard InChI is InChI=1S/C34H46N6O6/c1-5-7-11-18-46-34(44)39-16-14-38(15-17-39)32(42)29(22(3)4)37-31(41)26-19-27(36-30(35-26)23-12-9-8-10-13-23)40-20-24-25(21-40)28(24)33(43)45-6-2/h8-10,12-13,19,22,24-25,28-29H,5-7,11,14-18,20-21H2,1-4H3,(H,37,41)/t24-,25+,28?,29-/m0/s1. The molecule has 1 saturated carbocycles. The SMILES string of the molecule is CCCCCOC(=O)N1CCN(C(=O)[C@@H](NC(=O)c2cc(N3C[C@@H]4C(C(=O)OCC)[C@@H]4C3)nc(-c3ccccc3)n2)C(C)C)CC1. The predicted octanol–water partition coefficient (Wildman–Crippen LogP) is 3.61. The first-order valence-electron chi connectivity index (χ1n) is 16.6. The monoisotopic (exact) mass is 634 g/mol. The molecule has 0 radical (unpaired) electrons. The molecule has 1 aromatic heterocycles. The third-order valence-electron chi connectivity index (χ3n) is 9.10. The van der Waals surface area contributed by atoms with Crippen molar-refractivity contribution >= 4 is 29.7 Å². The fourth-order valence-electron chi connectivity index (χ4n) is 6.37. The van der Waals surface area contributed by atoms with Crippen molar-refractivity contribution in [1.82, 2.24) is 25.1 Å². The van der Waals surface area contributed by atoms with Crippen LogP contribution in [-0.2, 0) is 19.1 Å². The summed E-state index contributed by atoms with van der Waals surface area (Å²) in [6.45, 7) is 11.2. The number of fused-ring (bicyclic) bond motifs is 1. The topological polar surface area (TPSA) is 134 Å². The van der Waals surface area contributed by atoms with Crippen molar-refractivity contribution in [2.75, 3.05) is 57.4 Å². The number of piperazine rings is 1. The van der Waals surface area contributed by atoms with Crippen molar-refractivity contribution in [3.8, 4) is 11.4 Å². The summed E-state index contributed by atoms with van der Waals surface area (Å²) in [5.74, 6) is 0.379. The molecular formula is C34H46N6O6. The van der Waals surface area contributed by atoms with Gasteiger partial charge in [-0.05, 0) is 31.1 Å². The number of piperidine rings is 1. The van der Waals surface area contributed by atoms with Crippen LogP contribution in [0.4, 0.5) is 10.6 Å². The molecule has 1 aromatic carbocycles. The highest BCUT2D eigenvalue weighted by Gasteiger charge is 2.60. The van der Waals surface area contributed by atoms with Crippen LogP contribution in [-0.4, -0.2) is 102 Å². The highest BCUT2D eigenvalue weighted by atomic mass is 16.6. The first-order chi connectivity index (χ1) is 22.2. The van der Waals surface area contributed by atoms with Crippen LogP contribution in [0.2, 0.25) is 0 Å². The molecule has 3 amide bonds. The molecule has 4 atom stereocenters. The van der Waals surface area contributed by atoms with Gasteiger partial charge in [0.1, 0.15) is 17.6 Å². The Balaban J connectivity index is 1.26. The van der Waals surface area contributed by atoms with E-state index in [2.05, 4.69) is 22.1 Å². The molecule has 1 aliphatic carbocycles. The molecule has 1 N–H and O–H groups in total. The van der Waals surface area contributed by atoms with Crippen LogP contribution in [0.5, 0.6) is 0 Å². The number of benzene rings is 1. The lowest BCUT2D eigenvalue weighted by atomic mass is 10.0. The molecule has 2 aromatic rings. The van der Waals surface area contributed by atoms with Gasteiger partial charge in [-0.1, -0.05) is 63.9 Å². The van der Waals surface area contributed by atoms with Crippen LogP contribution in [0.25, 0.3) is 11.4 Å². The van der Waals surface area contributed by atoms with E-state index in [1.165, 1.54) is 0 Å². The van der Waals surface area contributed by atoms with Gasteiger partial charge in [-0.3, -0.25) is 14.4 Å². The fourth-order valence-corrected chi connectivity index (χ4v) is 6.37. The molecule has 0 bridgehead atoms. The van der Waals surface area contributed by atoms with Gasteiger partial charge in [0.15, 0.2) is 5.82 Å². The molecular weight excluding hydrogens is 588 g/mol. The zero-order chi connectivity index (χ0) is 32.8.